The molecule has 1 heterocycles. The molecule has 1 aromatic carbocycles. The van der Waals surface area contributed by atoms with Crippen molar-refractivity contribution in [3.63, 3.8) is 0 Å². The van der Waals surface area contributed by atoms with Crippen LogP contribution < -0.4 is 5.32 Å². The van der Waals surface area contributed by atoms with Gasteiger partial charge in [-0.15, -0.1) is 0 Å². The Bertz CT molecular complexity index is 676. The number of amides is 1. The summed E-state index contributed by atoms with van der Waals surface area (Å²) in [4.78, 5) is 12.3. The van der Waals surface area contributed by atoms with Crippen LogP contribution in [0.25, 0.3) is 0 Å². The fourth-order valence-corrected chi connectivity index (χ4v) is 2.93. The molecule has 1 amide bonds. The molecule has 2 rings (SSSR count). The Balaban J connectivity index is 1.96. The molecule has 0 aliphatic carbocycles. The molecule has 1 aromatic heterocycles. The second-order valence-corrected chi connectivity index (χ2v) is 6.29. The number of rotatable bonds is 6. The molecule has 0 spiro atoms. The van der Waals surface area contributed by atoms with Gasteiger partial charge in [0.05, 0.1) is 11.7 Å². The lowest BCUT2D eigenvalue weighted by Gasteiger charge is -2.17. The minimum atomic E-state index is 0.0239. The Hall–Kier alpha value is -1.81. The Morgan fingerprint density at radius 3 is 2.48 bits per heavy atom. The summed E-state index contributed by atoms with van der Waals surface area (Å²) in [6.45, 7) is 6.09. The lowest BCUT2D eigenvalue weighted by molar-refractivity contribution is -0.121. The maximum atomic E-state index is 12.3. The molecular formula is C18H24ClN3O. The van der Waals surface area contributed by atoms with E-state index in [2.05, 4.69) is 17.3 Å². The normalized spacial score (nSPS) is 12.2. The van der Waals surface area contributed by atoms with Crippen molar-refractivity contribution in [1.82, 2.24) is 15.1 Å². The molecule has 23 heavy (non-hydrogen) atoms. The van der Waals surface area contributed by atoms with Crippen LogP contribution in [0.15, 0.2) is 24.3 Å². The number of aryl methyl sites for hydroxylation is 2. The van der Waals surface area contributed by atoms with E-state index in [0.29, 0.717) is 17.9 Å². The fourth-order valence-electron chi connectivity index (χ4n) is 2.80. The van der Waals surface area contributed by atoms with Gasteiger partial charge < -0.3 is 5.32 Å². The highest BCUT2D eigenvalue weighted by molar-refractivity contribution is 6.30. The lowest BCUT2D eigenvalue weighted by Crippen LogP contribution is -2.28. The molecule has 1 unspecified atom stereocenters. The number of halogens is 1. The van der Waals surface area contributed by atoms with Crippen molar-refractivity contribution >= 4 is 17.5 Å². The highest BCUT2D eigenvalue weighted by Crippen LogP contribution is 2.20. The van der Waals surface area contributed by atoms with Crippen LogP contribution in [-0.4, -0.2) is 15.7 Å². The van der Waals surface area contributed by atoms with E-state index >= 15 is 0 Å². The Kier molecular flexibility index (Phi) is 5.83. The first-order chi connectivity index (χ1) is 10.9. The zero-order valence-electron chi connectivity index (χ0n) is 14.2. The molecule has 1 atom stereocenters. The summed E-state index contributed by atoms with van der Waals surface area (Å²) in [5.74, 6) is 0.0643. The van der Waals surface area contributed by atoms with E-state index in [1.165, 1.54) is 5.56 Å². The number of hydrogen-bond donors (Lipinski definition) is 1. The third-order valence-electron chi connectivity index (χ3n) is 4.28. The van der Waals surface area contributed by atoms with Gasteiger partial charge in [0.15, 0.2) is 0 Å². The van der Waals surface area contributed by atoms with Crippen LogP contribution in [0.1, 0.15) is 48.3 Å². The quantitative estimate of drug-likeness (QED) is 0.871. The van der Waals surface area contributed by atoms with Crippen LogP contribution in [0, 0.1) is 13.8 Å². The van der Waals surface area contributed by atoms with E-state index in [1.807, 2.05) is 49.8 Å². The predicted molar refractivity (Wildman–Crippen MR) is 93.6 cm³/mol. The van der Waals surface area contributed by atoms with E-state index in [4.69, 9.17) is 11.6 Å². The zero-order valence-corrected chi connectivity index (χ0v) is 14.9. The van der Waals surface area contributed by atoms with Gasteiger partial charge in [0.25, 0.3) is 0 Å². The predicted octanol–water partition coefficient (Wildman–Crippen LogP) is 3.89. The fraction of sp³-hybridized carbons (Fsp3) is 0.444. The molecule has 1 N–H and O–H groups in total. The van der Waals surface area contributed by atoms with Crippen molar-refractivity contribution in [3.05, 3.63) is 51.8 Å². The third-order valence-corrected chi connectivity index (χ3v) is 4.53. The summed E-state index contributed by atoms with van der Waals surface area (Å²) in [5.41, 5.74) is 4.38. The van der Waals surface area contributed by atoms with Crippen LogP contribution in [-0.2, 0) is 18.3 Å². The van der Waals surface area contributed by atoms with Crippen molar-refractivity contribution in [2.24, 2.45) is 7.05 Å². The monoisotopic (exact) mass is 333 g/mol. The van der Waals surface area contributed by atoms with Crippen molar-refractivity contribution in [3.8, 4) is 0 Å². The molecule has 5 heteroatoms. The molecule has 0 saturated carbocycles. The zero-order chi connectivity index (χ0) is 17.0. The van der Waals surface area contributed by atoms with Gasteiger partial charge >= 0.3 is 0 Å². The second kappa shape index (κ2) is 7.64. The van der Waals surface area contributed by atoms with E-state index in [-0.39, 0.29) is 11.9 Å². The molecule has 2 aromatic rings. The molecular weight excluding hydrogens is 310 g/mol. The first-order valence-corrected chi connectivity index (χ1v) is 8.34. The maximum absolute atomic E-state index is 12.3. The largest absolute Gasteiger partial charge is 0.349 e. The SMILES string of the molecule is CCC(NC(=O)CCc1c(C)nn(C)c1C)c1ccc(Cl)cc1. The van der Waals surface area contributed by atoms with E-state index in [1.54, 1.807) is 0 Å². The number of carbonyl (C=O) groups excluding carboxylic acids is 1. The van der Waals surface area contributed by atoms with E-state index < -0.39 is 0 Å². The average Bonchev–Trinajstić information content (AvgIpc) is 2.77. The summed E-state index contributed by atoms with van der Waals surface area (Å²) in [6, 6.07) is 7.66. The molecule has 124 valence electrons. The summed E-state index contributed by atoms with van der Waals surface area (Å²) in [6.07, 6.45) is 2.03. The number of nitrogens with one attached hydrogen (secondary N) is 1. The van der Waals surface area contributed by atoms with Gasteiger partial charge in [0.1, 0.15) is 0 Å². The topological polar surface area (TPSA) is 46.9 Å². The Morgan fingerprint density at radius 1 is 1.30 bits per heavy atom. The van der Waals surface area contributed by atoms with Gasteiger partial charge in [-0.1, -0.05) is 30.7 Å². The minimum absolute atomic E-state index is 0.0239. The van der Waals surface area contributed by atoms with Crippen molar-refractivity contribution in [2.75, 3.05) is 0 Å². The molecule has 0 fully saturated rings. The van der Waals surface area contributed by atoms with Crippen LogP contribution in [0.5, 0.6) is 0 Å². The number of aromatic nitrogens is 2. The maximum Gasteiger partial charge on any atom is 0.220 e. The van der Waals surface area contributed by atoms with Gasteiger partial charge in [-0.2, -0.15) is 5.10 Å². The standard InChI is InChI=1S/C18H24ClN3O/c1-5-17(14-6-8-15(19)9-7-14)20-18(23)11-10-16-12(2)21-22(4)13(16)3/h6-9,17H,5,10-11H2,1-4H3,(H,20,23). The highest BCUT2D eigenvalue weighted by atomic mass is 35.5. The number of nitrogens with zero attached hydrogens (tertiary/aromatic N) is 2. The smallest absolute Gasteiger partial charge is 0.220 e. The molecule has 0 saturated heterocycles. The van der Waals surface area contributed by atoms with E-state index in [0.717, 1.165) is 23.4 Å². The Morgan fingerprint density at radius 2 is 1.96 bits per heavy atom. The van der Waals surface area contributed by atoms with Crippen molar-refractivity contribution in [2.45, 2.75) is 46.1 Å². The molecule has 0 radical (unpaired) electrons. The van der Waals surface area contributed by atoms with Crippen LogP contribution in [0.2, 0.25) is 5.02 Å². The number of carbonyl (C=O) groups is 1. The van der Waals surface area contributed by atoms with Gasteiger partial charge in [0.2, 0.25) is 5.91 Å². The molecule has 4 nitrogen and oxygen atoms in total. The number of hydrogen-bond acceptors (Lipinski definition) is 2. The minimum Gasteiger partial charge on any atom is -0.349 e. The van der Waals surface area contributed by atoms with Gasteiger partial charge in [-0.05, 0) is 49.9 Å². The van der Waals surface area contributed by atoms with Crippen LogP contribution in [0.4, 0.5) is 0 Å². The number of benzene rings is 1. The van der Waals surface area contributed by atoms with Crippen molar-refractivity contribution in [1.29, 1.82) is 0 Å². The summed E-state index contributed by atoms with van der Waals surface area (Å²) < 4.78 is 1.87. The highest BCUT2D eigenvalue weighted by Gasteiger charge is 2.15. The van der Waals surface area contributed by atoms with Crippen molar-refractivity contribution < 1.29 is 4.79 Å². The summed E-state index contributed by atoms with van der Waals surface area (Å²) in [7, 11) is 1.93. The first-order valence-electron chi connectivity index (χ1n) is 7.96. The average molecular weight is 334 g/mol. The lowest BCUT2D eigenvalue weighted by atomic mass is 10.0. The van der Waals surface area contributed by atoms with E-state index in [9.17, 15) is 4.79 Å². The molecule has 0 aliphatic rings. The van der Waals surface area contributed by atoms with Gasteiger partial charge in [-0.25, -0.2) is 0 Å². The second-order valence-electron chi connectivity index (χ2n) is 5.85. The van der Waals surface area contributed by atoms with Gasteiger partial charge in [0, 0.05) is 24.2 Å². The summed E-state index contributed by atoms with van der Waals surface area (Å²) >= 11 is 5.92. The molecule has 0 aliphatic heterocycles. The molecule has 0 bridgehead atoms. The van der Waals surface area contributed by atoms with Gasteiger partial charge in [-0.3, -0.25) is 9.48 Å². The first kappa shape index (κ1) is 17.5. The summed E-state index contributed by atoms with van der Waals surface area (Å²) in [5, 5.41) is 8.21. The third kappa shape index (κ3) is 4.35. The Labute approximate surface area is 142 Å². The van der Waals surface area contributed by atoms with Crippen LogP contribution >= 0.6 is 11.6 Å². The van der Waals surface area contributed by atoms with Crippen LogP contribution in [0.3, 0.4) is 0 Å².